The molecule has 0 aliphatic carbocycles. The average Bonchev–Trinajstić information content (AvgIpc) is 3.18. The van der Waals surface area contributed by atoms with Crippen molar-refractivity contribution in [3.63, 3.8) is 0 Å². The van der Waals surface area contributed by atoms with E-state index < -0.39 is 17.7 Å². The number of H-pyrrole nitrogens is 1. The number of hydrogen-bond donors (Lipinski definition) is 2. The highest BCUT2D eigenvalue weighted by molar-refractivity contribution is 5.97. The Hall–Kier alpha value is -3.93. The molecule has 0 saturated heterocycles. The summed E-state index contributed by atoms with van der Waals surface area (Å²) in [5.41, 5.74) is 2.63. The molecule has 0 radical (unpaired) electrons. The van der Waals surface area contributed by atoms with Crippen LogP contribution in [0.1, 0.15) is 12.1 Å². The van der Waals surface area contributed by atoms with Crippen LogP contribution >= 0.6 is 0 Å². The summed E-state index contributed by atoms with van der Waals surface area (Å²) in [6.45, 7) is 0.770. The Morgan fingerprint density at radius 2 is 2.20 bits per heavy atom. The fourth-order valence-corrected chi connectivity index (χ4v) is 3.60. The fraction of sp³-hybridized carbons (Fsp3) is 0.190. The van der Waals surface area contributed by atoms with Gasteiger partial charge in [0.05, 0.1) is 13.3 Å². The third-order valence-corrected chi connectivity index (χ3v) is 5.05. The van der Waals surface area contributed by atoms with Crippen molar-refractivity contribution in [2.75, 3.05) is 20.2 Å². The number of benzene rings is 1. The molecule has 0 atom stereocenters. The molecule has 7 nitrogen and oxygen atoms in total. The van der Waals surface area contributed by atoms with Gasteiger partial charge in [-0.15, -0.1) is 0 Å². The number of pyridine rings is 1. The lowest BCUT2D eigenvalue weighted by Crippen LogP contribution is -2.40. The molecule has 3 heterocycles. The van der Waals surface area contributed by atoms with Crippen LogP contribution in [-0.4, -0.2) is 41.1 Å². The van der Waals surface area contributed by atoms with Gasteiger partial charge < -0.3 is 14.6 Å². The minimum absolute atomic E-state index is 0.199. The van der Waals surface area contributed by atoms with Crippen LogP contribution in [0.4, 0.5) is 13.6 Å². The monoisotopic (exact) mass is 409 g/mol. The SMILES string of the molecule is COc1ccc(F)cc1-c1c(F)cnc2[nH]c(C3=CCN(C(=O)NC#N)CC3)cc12. The number of aromatic amines is 1. The molecule has 1 aromatic carbocycles. The Morgan fingerprint density at radius 3 is 2.90 bits per heavy atom. The highest BCUT2D eigenvalue weighted by Gasteiger charge is 2.21. The van der Waals surface area contributed by atoms with Crippen molar-refractivity contribution in [1.29, 1.82) is 5.26 Å². The number of methoxy groups -OCH3 is 1. The number of rotatable bonds is 3. The number of carbonyl (C=O) groups excluding carboxylic acids is 1. The molecule has 1 aliphatic heterocycles. The first-order valence-corrected chi connectivity index (χ1v) is 9.16. The predicted molar refractivity (Wildman–Crippen MR) is 106 cm³/mol. The summed E-state index contributed by atoms with van der Waals surface area (Å²) < 4.78 is 34.0. The minimum atomic E-state index is -0.589. The Morgan fingerprint density at radius 1 is 1.37 bits per heavy atom. The predicted octanol–water partition coefficient (Wildman–Crippen LogP) is 3.80. The van der Waals surface area contributed by atoms with Crippen molar-refractivity contribution < 1.29 is 18.3 Å². The number of nitriles is 1. The van der Waals surface area contributed by atoms with Crippen molar-refractivity contribution in [2.24, 2.45) is 0 Å². The van der Waals surface area contributed by atoms with Crippen molar-refractivity contribution in [3.8, 4) is 23.1 Å². The molecule has 3 aromatic rings. The largest absolute Gasteiger partial charge is 0.496 e. The van der Waals surface area contributed by atoms with Gasteiger partial charge in [0.15, 0.2) is 6.19 Å². The van der Waals surface area contributed by atoms with Crippen LogP contribution in [0.15, 0.2) is 36.5 Å². The number of carbonyl (C=O) groups is 1. The van der Waals surface area contributed by atoms with Gasteiger partial charge >= 0.3 is 6.03 Å². The van der Waals surface area contributed by atoms with Gasteiger partial charge in [0.1, 0.15) is 23.0 Å². The van der Waals surface area contributed by atoms with E-state index in [0.717, 1.165) is 17.5 Å². The molecule has 2 amide bonds. The van der Waals surface area contributed by atoms with Crippen LogP contribution in [0.3, 0.4) is 0 Å². The third-order valence-electron chi connectivity index (χ3n) is 5.05. The van der Waals surface area contributed by atoms with Crippen molar-refractivity contribution in [1.82, 2.24) is 20.2 Å². The van der Waals surface area contributed by atoms with Crippen LogP contribution in [0.5, 0.6) is 5.75 Å². The zero-order chi connectivity index (χ0) is 21.3. The number of nitrogens with one attached hydrogen (secondary N) is 2. The van der Waals surface area contributed by atoms with Gasteiger partial charge in [-0.25, -0.2) is 23.9 Å². The maximum absolute atomic E-state index is 14.8. The van der Waals surface area contributed by atoms with E-state index >= 15 is 0 Å². The van der Waals surface area contributed by atoms with E-state index in [0.29, 0.717) is 41.9 Å². The lowest BCUT2D eigenvalue weighted by Gasteiger charge is -2.25. The molecule has 0 spiro atoms. The van der Waals surface area contributed by atoms with E-state index in [4.69, 9.17) is 10.00 Å². The summed E-state index contributed by atoms with van der Waals surface area (Å²) >= 11 is 0. The van der Waals surface area contributed by atoms with Gasteiger partial charge in [-0.3, -0.25) is 0 Å². The Kier molecular flexibility index (Phi) is 5.06. The lowest BCUT2D eigenvalue weighted by atomic mass is 10.0. The molecule has 0 bridgehead atoms. The van der Waals surface area contributed by atoms with Crippen LogP contribution in [-0.2, 0) is 0 Å². The molecule has 0 saturated carbocycles. The summed E-state index contributed by atoms with van der Waals surface area (Å²) in [7, 11) is 1.44. The van der Waals surface area contributed by atoms with Gasteiger partial charge in [0.25, 0.3) is 0 Å². The van der Waals surface area contributed by atoms with Gasteiger partial charge in [-0.1, -0.05) is 6.08 Å². The van der Waals surface area contributed by atoms with E-state index in [1.165, 1.54) is 30.2 Å². The maximum atomic E-state index is 14.8. The lowest BCUT2D eigenvalue weighted by molar-refractivity contribution is 0.207. The second kappa shape index (κ2) is 7.83. The van der Waals surface area contributed by atoms with E-state index in [9.17, 15) is 13.6 Å². The number of urea groups is 1. The van der Waals surface area contributed by atoms with Crippen molar-refractivity contribution >= 4 is 22.6 Å². The zero-order valence-electron chi connectivity index (χ0n) is 16.0. The summed E-state index contributed by atoms with van der Waals surface area (Å²) in [6.07, 6.45) is 5.12. The Balaban J connectivity index is 1.75. The normalized spacial score (nSPS) is 13.7. The number of hydrogen-bond acceptors (Lipinski definition) is 4. The van der Waals surface area contributed by atoms with Crippen LogP contribution in [0.25, 0.3) is 27.7 Å². The number of amides is 2. The molecule has 1 aliphatic rings. The summed E-state index contributed by atoms with van der Waals surface area (Å²) in [5.74, 6) is -0.743. The van der Waals surface area contributed by atoms with E-state index in [1.54, 1.807) is 12.3 Å². The molecule has 30 heavy (non-hydrogen) atoms. The fourth-order valence-electron chi connectivity index (χ4n) is 3.60. The molecule has 2 N–H and O–H groups in total. The number of ether oxygens (including phenoxy) is 1. The van der Waals surface area contributed by atoms with E-state index in [-0.39, 0.29) is 5.56 Å². The molecule has 4 rings (SSSR count). The average molecular weight is 409 g/mol. The van der Waals surface area contributed by atoms with Crippen LogP contribution in [0.2, 0.25) is 0 Å². The highest BCUT2D eigenvalue weighted by atomic mass is 19.1. The Bertz CT molecular complexity index is 1210. The molecule has 0 unspecified atom stereocenters. The van der Waals surface area contributed by atoms with E-state index in [2.05, 4.69) is 15.3 Å². The van der Waals surface area contributed by atoms with E-state index in [1.807, 2.05) is 6.08 Å². The molecular formula is C21H17F2N5O2. The Labute approximate surface area is 170 Å². The quantitative estimate of drug-likeness (QED) is 0.508. The first kappa shape index (κ1) is 19.4. The smallest absolute Gasteiger partial charge is 0.330 e. The van der Waals surface area contributed by atoms with Gasteiger partial charge in [-0.05, 0) is 36.3 Å². The first-order chi connectivity index (χ1) is 14.5. The second-order valence-electron chi connectivity index (χ2n) is 6.74. The molecule has 152 valence electrons. The van der Waals surface area contributed by atoms with Crippen LogP contribution in [0, 0.1) is 23.1 Å². The summed E-state index contributed by atoms with van der Waals surface area (Å²) in [5, 5.41) is 11.2. The zero-order valence-corrected chi connectivity index (χ0v) is 16.0. The molecular weight excluding hydrogens is 392 g/mol. The number of fused-ring (bicyclic) bond motifs is 1. The van der Waals surface area contributed by atoms with Gasteiger partial charge in [0, 0.05) is 35.3 Å². The second-order valence-corrected chi connectivity index (χ2v) is 6.74. The number of aromatic nitrogens is 2. The summed E-state index contributed by atoms with van der Waals surface area (Å²) in [6, 6.07) is 5.25. The van der Waals surface area contributed by atoms with Gasteiger partial charge in [-0.2, -0.15) is 5.26 Å². The molecule has 2 aromatic heterocycles. The highest BCUT2D eigenvalue weighted by Crippen LogP contribution is 2.38. The van der Waals surface area contributed by atoms with Crippen molar-refractivity contribution in [2.45, 2.75) is 6.42 Å². The first-order valence-electron chi connectivity index (χ1n) is 9.16. The molecule has 9 heteroatoms. The number of halogens is 2. The standard InChI is InChI=1S/C21H17F2N5O2/c1-30-18-3-2-13(22)8-14(18)19-15-9-17(27-20(15)25-10-16(19)23)12-4-6-28(7-5-12)21(29)26-11-24/h2-4,8-10H,5-7H2,1H3,(H,25,27)(H,26,29). The topological polar surface area (TPSA) is 94.0 Å². The number of nitrogens with zero attached hydrogens (tertiary/aromatic N) is 3. The van der Waals surface area contributed by atoms with Crippen molar-refractivity contribution in [3.05, 3.63) is 53.9 Å². The molecule has 0 fully saturated rings. The van der Waals surface area contributed by atoms with Crippen LogP contribution < -0.4 is 10.1 Å². The summed E-state index contributed by atoms with van der Waals surface area (Å²) in [4.78, 5) is 20.6. The minimum Gasteiger partial charge on any atom is -0.496 e. The maximum Gasteiger partial charge on any atom is 0.330 e. The van der Waals surface area contributed by atoms with Gasteiger partial charge in [0.2, 0.25) is 0 Å². The third kappa shape index (κ3) is 3.43.